The lowest BCUT2D eigenvalue weighted by molar-refractivity contribution is -0.140. The smallest absolute Gasteiger partial charge is 0.306 e. The second-order valence-corrected chi connectivity index (χ2v) is 5.05. The summed E-state index contributed by atoms with van der Waals surface area (Å²) in [7, 11) is 1.39. The molecule has 1 rings (SSSR count). The Balaban J connectivity index is 2.32. The molecule has 16 heavy (non-hydrogen) atoms. The standard InChI is InChI=1S/C11H12Cl2O2S/c1-15-11(14)4-5-16-7-8-2-3-9(12)10(13)6-8/h2-3,6H,4-5,7H2,1H3. The Hall–Kier alpha value is -0.380. The van der Waals surface area contributed by atoms with Crippen LogP contribution in [0.4, 0.5) is 0 Å². The number of halogens is 2. The largest absolute Gasteiger partial charge is 0.469 e. The Morgan fingerprint density at radius 3 is 2.75 bits per heavy atom. The molecule has 1 aromatic carbocycles. The van der Waals surface area contributed by atoms with Crippen LogP contribution < -0.4 is 0 Å². The van der Waals surface area contributed by atoms with Gasteiger partial charge in [0.05, 0.1) is 23.6 Å². The molecule has 0 bridgehead atoms. The maximum absolute atomic E-state index is 10.8. The number of hydrogen-bond acceptors (Lipinski definition) is 3. The molecule has 0 amide bonds. The highest BCUT2D eigenvalue weighted by Gasteiger charge is 2.02. The van der Waals surface area contributed by atoms with E-state index >= 15 is 0 Å². The lowest BCUT2D eigenvalue weighted by atomic mass is 10.2. The average Bonchev–Trinajstić information content (AvgIpc) is 2.28. The number of methoxy groups -OCH3 is 1. The first kappa shape index (κ1) is 13.7. The Morgan fingerprint density at radius 2 is 2.12 bits per heavy atom. The third-order valence-electron chi connectivity index (χ3n) is 1.93. The van der Waals surface area contributed by atoms with Crippen LogP contribution in [-0.4, -0.2) is 18.8 Å². The molecule has 5 heteroatoms. The fourth-order valence-electron chi connectivity index (χ4n) is 1.08. The SMILES string of the molecule is COC(=O)CCSCc1ccc(Cl)c(Cl)c1. The summed E-state index contributed by atoms with van der Waals surface area (Å²) in [6.45, 7) is 0. The quantitative estimate of drug-likeness (QED) is 0.606. The van der Waals surface area contributed by atoms with Crippen LogP contribution in [0.15, 0.2) is 18.2 Å². The van der Waals surface area contributed by atoms with E-state index in [0.717, 1.165) is 17.1 Å². The number of ether oxygens (including phenoxy) is 1. The van der Waals surface area contributed by atoms with Crippen molar-refractivity contribution in [3.63, 3.8) is 0 Å². The maximum Gasteiger partial charge on any atom is 0.306 e. The van der Waals surface area contributed by atoms with Crippen molar-refractivity contribution < 1.29 is 9.53 Å². The van der Waals surface area contributed by atoms with Crippen molar-refractivity contribution in [3.05, 3.63) is 33.8 Å². The molecule has 0 aliphatic rings. The number of carbonyl (C=O) groups excluding carboxylic acids is 1. The first-order valence-corrected chi connectivity index (χ1v) is 6.63. The highest BCUT2D eigenvalue weighted by Crippen LogP contribution is 2.24. The van der Waals surface area contributed by atoms with Crippen molar-refractivity contribution in [2.75, 3.05) is 12.9 Å². The number of thioether (sulfide) groups is 1. The van der Waals surface area contributed by atoms with Crippen LogP contribution in [0.3, 0.4) is 0 Å². The first-order valence-electron chi connectivity index (χ1n) is 4.72. The zero-order valence-electron chi connectivity index (χ0n) is 8.83. The van der Waals surface area contributed by atoms with Gasteiger partial charge in [0.25, 0.3) is 0 Å². The molecule has 0 spiro atoms. The molecule has 0 N–H and O–H groups in total. The van der Waals surface area contributed by atoms with Crippen molar-refractivity contribution >= 4 is 40.9 Å². The van der Waals surface area contributed by atoms with Gasteiger partial charge in [-0.1, -0.05) is 29.3 Å². The molecule has 2 nitrogen and oxygen atoms in total. The normalized spacial score (nSPS) is 10.2. The van der Waals surface area contributed by atoms with Crippen LogP contribution in [-0.2, 0) is 15.3 Å². The Kier molecular flexibility index (Phi) is 6.03. The highest BCUT2D eigenvalue weighted by molar-refractivity contribution is 7.98. The summed E-state index contributed by atoms with van der Waals surface area (Å²) >= 11 is 13.3. The molecule has 0 heterocycles. The lowest BCUT2D eigenvalue weighted by Crippen LogP contribution is -2.01. The van der Waals surface area contributed by atoms with Crippen LogP contribution in [0, 0.1) is 0 Å². The molecule has 0 atom stereocenters. The van der Waals surface area contributed by atoms with Crippen molar-refractivity contribution in [1.82, 2.24) is 0 Å². The Labute approximate surface area is 109 Å². The number of hydrogen-bond donors (Lipinski definition) is 0. The first-order chi connectivity index (χ1) is 7.63. The molecular weight excluding hydrogens is 267 g/mol. The third-order valence-corrected chi connectivity index (χ3v) is 3.70. The minimum atomic E-state index is -0.179. The molecule has 0 aromatic heterocycles. The van der Waals surface area contributed by atoms with E-state index in [1.807, 2.05) is 12.1 Å². The molecule has 88 valence electrons. The van der Waals surface area contributed by atoms with Gasteiger partial charge in [-0.15, -0.1) is 0 Å². The van der Waals surface area contributed by atoms with Gasteiger partial charge >= 0.3 is 5.97 Å². The van der Waals surface area contributed by atoms with Gasteiger partial charge in [-0.3, -0.25) is 4.79 Å². The summed E-state index contributed by atoms with van der Waals surface area (Å²) < 4.78 is 4.55. The second kappa shape index (κ2) is 7.05. The summed E-state index contributed by atoms with van der Waals surface area (Å²) in [5, 5.41) is 1.12. The zero-order valence-corrected chi connectivity index (χ0v) is 11.2. The number of benzene rings is 1. The van der Waals surface area contributed by atoms with E-state index in [4.69, 9.17) is 23.2 Å². The van der Waals surface area contributed by atoms with Crippen LogP contribution in [0.1, 0.15) is 12.0 Å². The number of esters is 1. The molecule has 0 unspecified atom stereocenters. The van der Waals surface area contributed by atoms with Crippen LogP contribution in [0.2, 0.25) is 10.0 Å². The average molecular weight is 279 g/mol. The summed E-state index contributed by atoms with van der Waals surface area (Å²) in [5.74, 6) is 1.38. The van der Waals surface area contributed by atoms with E-state index < -0.39 is 0 Å². The Morgan fingerprint density at radius 1 is 1.38 bits per heavy atom. The topological polar surface area (TPSA) is 26.3 Å². The predicted octanol–water partition coefficient (Wildman–Crippen LogP) is 3.79. The minimum absolute atomic E-state index is 0.179. The second-order valence-electron chi connectivity index (χ2n) is 3.13. The van der Waals surface area contributed by atoms with E-state index in [2.05, 4.69) is 4.74 Å². The van der Waals surface area contributed by atoms with Gasteiger partial charge < -0.3 is 4.74 Å². The summed E-state index contributed by atoms with van der Waals surface area (Å²) in [5.41, 5.74) is 1.10. The fourth-order valence-corrected chi connectivity index (χ4v) is 2.27. The predicted molar refractivity (Wildman–Crippen MR) is 69.3 cm³/mol. The van der Waals surface area contributed by atoms with Gasteiger partial charge in [0, 0.05) is 11.5 Å². The molecule has 0 aliphatic carbocycles. The molecule has 0 saturated carbocycles. The Bertz CT molecular complexity index is 369. The fraction of sp³-hybridized carbons (Fsp3) is 0.364. The molecule has 0 fully saturated rings. The molecule has 1 aromatic rings. The van der Waals surface area contributed by atoms with Gasteiger partial charge in [0.2, 0.25) is 0 Å². The van der Waals surface area contributed by atoms with Crippen LogP contribution >= 0.6 is 35.0 Å². The van der Waals surface area contributed by atoms with Gasteiger partial charge in [-0.2, -0.15) is 11.8 Å². The van der Waals surface area contributed by atoms with Gasteiger partial charge in [0.15, 0.2) is 0 Å². The van der Waals surface area contributed by atoms with Crippen LogP contribution in [0.25, 0.3) is 0 Å². The molecule has 0 saturated heterocycles. The van der Waals surface area contributed by atoms with E-state index in [0.29, 0.717) is 16.5 Å². The number of rotatable bonds is 5. The molecular formula is C11H12Cl2O2S. The van der Waals surface area contributed by atoms with Gasteiger partial charge in [-0.25, -0.2) is 0 Å². The van der Waals surface area contributed by atoms with Crippen LogP contribution in [0.5, 0.6) is 0 Å². The summed E-state index contributed by atoms with van der Waals surface area (Å²) in [4.78, 5) is 10.8. The lowest BCUT2D eigenvalue weighted by Gasteiger charge is -2.03. The molecule has 0 radical (unpaired) electrons. The maximum atomic E-state index is 10.8. The molecule has 0 aliphatic heterocycles. The zero-order chi connectivity index (χ0) is 12.0. The summed E-state index contributed by atoms with van der Waals surface area (Å²) in [6, 6.07) is 5.55. The van der Waals surface area contributed by atoms with Gasteiger partial charge in [0.1, 0.15) is 0 Å². The van der Waals surface area contributed by atoms with E-state index in [1.54, 1.807) is 17.8 Å². The minimum Gasteiger partial charge on any atom is -0.469 e. The van der Waals surface area contributed by atoms with Gasteiger partial charge in [-0.05, 0) is 17.7 Å². The van der Waals surface area contributed by atoms with E-state index in [1.165, 1.54) is 7.11 Å². The van der Waals surface area contributed by atoms with Crippen molar-refractivity contribution in [1.29, 1.82) is 0 Å². The highest BCUT2D eigenvalue weighted by atomic mass is 35.5. The van der Waals surface area contributed by atoms with Crippen molar-refractivity contribution in [2.45, 2.75) is 12.2 Å². The van der Waals surface area contributed by atoms with E-state index in [9.17, 15) is 4.79 Å². The summed E-state index contributed by atoms with van der Waals surface area (Å²) in [6.07, 6.45) is 0.433. The number of carbonyl (C=O) groups is 1. The van der Waals surface area contributed by atoms with E-state index in [-0.39, 0.29) is 5.97 Å². The van der Waals surface area contributed by atoms with Crippen molar-refractivity contribution in [2.24, 2.45) is 0 Å². The third kappa shape index (κ3) is 4.64. The van der Waals surface area contributed by atoms with Crippen molar-refractivity contribution in [3.8, 4) is 0 Å². The monoisotopic (exact) mass is 278 g/mol.